The van der Waals surface area contributed by atoms with Gasteiger partial charge in [-0.15, -0.1) is 0 Å². The van der Waals surface area contributed by atoms with Gasteiger partial charge in [-0.05, 0) is 35.9 Å². The second-order valence-corrected chi connectivity index (χ2v) is 9.20. The highest BCUT2D eigenvalue weighted by Crippen LogP contribution is 2.36. The molecular weight excluding hydrogens is 462 g/mol. The standard InChI is InChI=1S/C29H27N7O/c1-3-28(37)35-13-11-34(12-14-35)25-8-6-21(7-9-25)26-15-23(24-17-31-33(2)19-24)20-36-29(26)27(18-32-36)22-5-4-10-30-16-22/h3-10,15-20H,1,11-14H2,2H3. The van der Waals surface area contributed by atoms with Crippen molar-refractivity contribution < 1.29 is 4.79 Å². The van der Waals surface area contributed by atoms with E-state index in [1.165, 1.54) is 6.08 Å². The van der Waals surface area contributed by atoms with Crippen LogP contribution in [-0.2, 0) is 11.8 Å². The van der Waals surface area contributed by atoms with E-state index < -0.39 is 0 Å². The molecule has 0 spiro atoms. The van der Waals surface area contributed by atoms with E-state index >= 15 is 0 Å². The number of piperazine rings is 1. The van der Waals surface area contributed by atoms with Gasteiger partial charge in [0.2, 0.25) is 5.91 Å². The van der Waals surface area contributed by atoms with Gasteiger partial charge in [-0.2, -0.15) is 10.2 Å². The maximum Gasteiger partial charge on any atom is 0.246 e. The van der Waals surface area contributed by atoms with Gasteiger partial charge >= 0.3 is 0 Å². The third kappa shape index (κ3) is 4.27. The van der Waals surface area contributed by atoms with Gasteiger partial charge in [0.1, 0.15) is 0 Å². The van der Waals surface area contributed by atoms with Crippen LogP contribution in [0.5, 0.6) is 0 Å². The summed E-state index contributed by atoms with van der Waals surface area (Å²) >= 11 is 0. The van der Waals surface area contributed by atoms with Gasteiger partial charge in [0, 0.05) is 91.5 Å². The summed E-state index contributed by atoms with van der Waals surface area (Å²) in [4.78, 5) is 20.4. The number of amides is 1. The Morgan fingerprint density at radius 1 is 0.865 bits per heavy atom. The summed E-state index contributed by atoms with van der Waals surface area (Å²) in [6.07, 6.45) is 12.9. The van der Waals surface area contributed by atoms with Crippen LogP contribution in [0.25, 0.3) is 38.9 Å². The Hall–Kier alpha value is -4.72. The molecule has 5 aromatic rings. The fourth-order valence-corrected chi connectivity index (χ4v) is 4.97. The number of pyridine rings is 2. The second-order valence-electron chi connectivity index (χ2n) is 9.20. The number of carbonyl (C=O) groups is 1. The molecule has 0 aliphatic carbocycles. The first-order chi connectivity index (χ1) is 18.1. The number of hydrogen-bond acceptors (Lipinski definition) is 5. The topological polar surface area (TPSA) is 71.6 Å². The fraction of sp³-hybridized carbons (Fsp3) is 0.172. The number of aromatic nitrogens is 5. The highest BCUT2D eigenvalue weighted by molar-refractivity contribution is 5.94. The lowest BCUT2D eigenvalue weighted by Crippen LogP contribution is -2.48. The molecule has 0 unspecified atom stereocenters. The van der Waals surface area contributed by atoms with E-state index in [2.05, 4.69) is 58.0 Å². The number of benzene rings is 1. The van der Waals surface area contributed by atoms with Crippen LogP contribution in [0.15, 0.2) is 92.3 Å². The van der Waals surface area contributed by atoms with Crippen molar-refractivity contribution in [2.45, 2.75) is 0 Å². The minimum absolute atomic E-state index is 0.00209. The molecule has 184 valence electrons. The molecule has 0 N–H and O–H groups in total. The molecule has 0 radical (unpaired) electrons. The van der Waals surface area contributed by atoms with Gasteiger partial charge in [0.05, 0.1) is 17.9 Å². The van der Waals surface area contributed by atoms with Crippen molar-refractivity contribution in [1.29, 1.82) is 0 Å². The summed E-state index contributed by atoms with van der Waals surface area (Å²) in [5, 5.41) is 9.06. The van der Waals surface area contributed by atoms with Crippen molar-refractivity contribution in [2.75, 3.05) is 31.1 Å². The fourth-order valence-electron chi connectivity index (χ4n) is 4.97. The highest BCUT2D eigenvalue weighted by Gasteiger charge is 2.20. The lowest BCUT2D eigenvalue weighted by Gasteiger charge is -2.35. The van der Waals surface area contributed by atoms with Gasteiger partial charge in [-0.25, -0.2) is 4.52 Å². The normalized spacial score (nSPS) is 13.8. The van der Waals surface area contributed by atoms with Gasteiger partial charge < -0.3 is 9.80 Å². The largest absolute Gasteiger partial charge is 0.368 e. The quantitative estimate of drug-likeness (QED) is 0.344. The Morgan fingerprint density at radius 3 is 2.35 bits per heavy atom. The molecule has 5 heterocycles. The Balaban J connectivity index is 1.40. The minimum atomic E-state index is -0.00209. The molecule has 8 heteroatoms. The van der Waals surface area contributed by atoms with E-state index in [4.69, 9.17) is 5.10 Å². The Kier molecular flexibility index (Phi) is 5.76. The maximum absolute atomic E-state index is 11.9. The average Bonchev–Trinajstić information content (AvgIpc) is 3.59. The van der Waals surface area contributed by atoms with Crippen molar-refractivity contribution in [3.8, 4) is 33.4 Å². The van der Waals surface area contributed by atoms with Crippen molar-refractivity contribution in [3.63, 3.8) is 0 Å². The monoisotopic (exact) mass is 489 g/mol. The molecule has 0 atom stereocenters. The Labute approximate surface area is 215 Å². The average molecular weight is 490 g/mol. The number of nitrogens with zero attached hydrogens (tertiary/aromatic N) is 7. The molecule has 0 saturated carbocycles. The molecule has 1 amide bonds. The molecule has 1 aliphatic rings. The number of hydrogen-bond donors (Lipinski definition) is 0. The summed E-state index contributed by atoms with van der Waals surface area (Å²) in [7, 11) is 1.92. The van der Waals surface area contributed by atoms with Crippen molar-refractivity contribution in [3.05, 3.63) is 92.3 Å². The van der Waals surface area contributed by atoms with Gasteiger partial charge in [0.25, 0.3) is 0 Å². The summed E-state index contributed by atoms with van der Waals surface area (Å²) in [5.74, 6) is -0.00209. The SMILES string of the molecule is C=CC(=O)N1CCN(c2ccc(-c3cc(-c4cnn(C)c4)cn4ncc(-c5cccnc5)c34)cc2)CC1. The summed E-state index contributed by atoms with van der Waals surface area (Å²) in [6.45, 7) is 6.60. The van der Waals surface area contributed by atoms with Crippen LogP contribution in [-0.4, -0.2) is 61.4 Å². The van der Waals surface area contributed by atoms with Crippen molar-refractivity contribution >= 4 is 17.1 Å². The van der Waals surface area contributed by atoms with Gasteiger partial charge in [0.15, 0.2) is 0 Å². The summed E-state index contributed by atoms with van der Waals surface area (Å²) in [6, 6.07) is 14.9. The number of aryl methyl sites for hydroxylation is 1. The molecule has 1 aromatic carbocycles. The second kappa shape index (κ2) is 9.39. The van der Waals surface area contributed by atoms with Crippen LogP contribution in [0.1, 0.15) is 0 Å². The van der Waals surface area contributed by atoms with E-state index in [1.54, 1.807) is 10.9 Å². The third-order valence-corrected chi connectivity index (χ3v) is 6.93. The van der Waals surface area contributed by atoms with E-state index in [9.17, 15) is 4.79 Å². The van der Waals surface area contributed by atoms with Crippen LogP contribution in [0.2, 0.25) is 0 Å². The number of fused-ring (bicyclic) bond motifs is 1. The first-order valence-electron chi connectivity index (χ1n) is 12.3. The predicted molar refractivity (Wildman–Crippen MR) is 145 cm³/mol. The van der Waals surface area contributed by atoms with Gasteiger partial charge in [-0.3, -0.25) is 14.5 Å². The molecule has 1 aliphatic heterocycles. The zero-order valence-corrected chi connectivity index (χ0v) is 20.7. The van der Waals surface area contributed by atoms with Crippen LogP contribution >= 0.6 is 0 Å². The lowest BCUT2D eigenvalue weighted by atomic mass is 9.98. The smallest absolute Gasteiger partial charge is 0.246 e. The Morgan fingerprint density at radius 2 is 1.68 bits per heavy atom. The predicted octanol–water partition coefficient (Wildman–Crippen LogP) is 4.30. The number of rotatable bonds is 5. The molecule has 1 fully saturated rings. The molecule has 0 bridgehead atoms. The van der Waals surface area contributed by atoms with Crippen LogP contribution < -0.4 is 4.90 Å². The zero-order valence-electron chi connectivity index (χ0n) is 20.7. The van der Waals surface area contributed by atoms with Gasteiger partial charge in [-0.1, -0.05) is 24.8 Å². The van der Waals surface area contributed by atoms with E-state index in [1.807, 2.05) is 53.5 Å². The molecule has 8 nitrogen and oxygen atoms in total. The molecule has 1 saturated heterocycles. The molecule has 37 heavy (non-hydrogen) atoms. The number of anilines is 1. The molecule has 6 rings (SSSR count). The third-order valence-electron chi connectivity index (χ3n) is 6.93. The van der Waals surface area contributed by atoms with E-state index in [0.717, 1.165) is 57.7 Å². The van der Waals surface area contributed by atoms with Crippen LogP contribution in [0, 0.1) is 0 Å². The van der Waals surface area contributed by atoms with E-state index in [-0.39, 0.29) is 5.91 Å². The van der Waals surface area contributed by atoms with Crippen molar-refractivity contribution in [2.24, 2.45) is 7.05 Å². The first-order valence-corrected chi connectivity index (χ1v) is 12.3. The maximum atomic E-state index is 11.9. The number of carbonyl (C=O) groups excluding carboxylic acids is 1. The van der Waals surface area contributed by atoms with E-state index in [0.29, 0.717) is 13.1 Å². The molecule has 4 aromatic heterocycles. The van der Waals surface area contributed by atoms with Crippen molar-refractivity contribution in [1.82, 2.24) is 29.3 Å². The highest BCUT2D eigenvalue weighted by atomic mass is 16.2. The summed E-state index contributed by atoms with van der Waals surface area (Å²) < 4.78 is 3.75. The van der Waals surface area contributed by atoms with Crippen LogP contribution in [0.4, 0.5) is 5.69 Å². The first kappa shape index (κ1) is 22.7. The molecular formula is C29H27N7O. The minimum Gasteiger partial charge on any atom is -0.368 e. The summed E-state index contributed by atoms with van der Waals surface area (Å²) in [5.41, 5.74) is 8.51. The Bertz CT molecular complexity index is 1580. The zero-order chi connectivity index (χ0) is 25.4. The van der Waals surface area contributed by atoms with Crippen LogP contribution in [0.3, 0.4) is 0 Å². The lowest BCUT2D eigenvalue weighted by molar-refractivity contribution is -0.126.